The average Bonchev–Trinajstić information content (AvgIpc) is 2.21. The van der Waals surface area contributed by atoms with Crippen LogP contribution in [0.25, 0.3) is 0 Å². The van der Waals surface area contributed by atoms with Gasteiger partial charge in [0.15, 0.2) is 8.32 Å². The van der Waals surface area contributed by atoms with Gasteiger partial charge in [0.2, 0.25) is 12.1 Å². The standard InChI is InChI=1S/C13H24FNO4Si/c1-7(19-20(5,6)13(2,3)4)8-10(15-11(8)16)9(14)12(17)18/h7-10H,1-6H3,(H,15,16)(H,17,18)/t7-,8-,9?,10+/m1/s1. The molecule has 4 atom stereocenters. The molecule has 1 amide bonds. The first-order valence-corrected chi connectivity index (χ1v) is 9.64. The summed E-state index contributed by atoms with van der Waals surface area (Å²) in [6.07, 6.45) is -2.59. The lowest BCUT2D eigenvalue weighted by atomic mass is 9.83. The molecule has 1 aliphatic rings. The number of carbonyl (C=O) groups excluding carboxylic acids is 1. The van der Waals surface area contributed by atoms with Crippen molar-refractivity contribution in [1.29, 1.82) is 0 Å². The van der Waals surface area contributed by atoms with E-state index in [9.17, 15) is 14.0 Å². The quantitative estimate of drug-likeness (QED) is 0.601. The van der Waals surface area contributed by atoms with Gasteiger partial charge < -0.3 is 14.8 Å². The first-order chi connectivity index (χ1) is 8.88. The van der Waals surface area contributed by atoms with Crippen molar-refractivity contribution < 1.29 is 23.5 Å². The molecule has 1 unspecified atom stereocenters. The molecule has 5 nitrogen and oxygen atoms in total. The van der Waals surface area contributed by atoms with Gasteiger partial charge in [-0.1, -0.05) is 20.8 Å². The fraction of sp³-hybridized carbons (Fsp3) is 0.846. The topological polar surface area (TPSA) is 75.6 Å². The molecule has 0 spiro atoms. The van der Waals surface area contributed by atoms with Crippen LogP contribution in [-0.4, -0.2) is 43.6 Å². The number of nitrogens with one attached hydrogen (secondary N) is 1. The summed E-state index contributed by atoms with van der Waals surface area (Å²) in [5.41, 5.74) is 0. The Labute approximate surface area is 120 Å². The Morgan fingerprint density at radius 2 is 1.95 bits per heavy atom. The maximum Gasteiger partial charge on any atom is 0.340 e. The van der Waals surface area contributed by atoms with Gasteiger partial charge in [0.25, 0.3) is 0 Å². The molecule has 1 fully saturated rings. The van der Waals surface area contributed by atoms with Gasteiger partial charge in [-0.3, -0.25) is 4.79 Å². The number of amides is 1. The van der Waals surface area contributed by atoms with Crippen molar-refractivity contribution in [3.05, 3.63) is 0 Å². The second-order valence-electron chi connectivity index (χ2n) is 6.88. The Morgan fingerprint density at radius 3 is 2.30 bits per heavy atom. The van der Waals surface area contributed by atoms with Crippen LogP contribution < -0.4 is 5.32 Å². The van der Waals surface area contributed by atoms with Crippen molar-refractivity contribution in [3.63, 3.8) is 0 Å². The summed E-state index contributed by atoms with van der Waals surface area (Å²) in [7, 11) is -2.08. The fourth-order valence-corrected chi connectivity index (χ4v) is 3.48. The summed E-state index contributed by atoms with van der Waals surface area (Å²) in [5.74, 6) is -2.64. The summed E-state index contributed by atoms with van der Waals surface area (Å²) in [6, 6.07) is -1.00. The monoisotopic (exact) mass is 305 g/mol. The van der Waals surface area contributed by atoms with Crippen LogP contribution in [0.1, 0.15) is 27.7 Å². The van der Waals surface area contributed by atoms with E-state index in [0.29, 0.717) is 0 Å². The third-order valence-electron chi connectivity index (χ3n) is 4.34. The van der Waals surface area contributed by atoms with E-state index < -0.39 is 38.5 Å². The second-order valence-corrected chi connectivity index (χ2v) is 11.6. The summed E-state index contributed by atoms with van der Waals surface area (Å²) >= 11 is 0. The number of aliphatic carboxylic acids is 1. The first kappa shape index (κ1) is 17.1. The van der Waals surface area contributed by atoms with Gasteiger partial charge in [0.1, 0.15) is 0 Å². The number of rotatable bonds is 5. The highest BCUT2D eigenvalue weighted by molar-refractivity contribution is 6.74. The maximum absolute atomic E-state index is 13.6. The highest BCUT2D eigenvalue weighted by Crippen LogP contribution is 2.39. The minimum absolute atomic E-state index is 0.0289. The van der Waals surface area contributed by atoms with Crippen molar-refractivity contribution >= 4 is 20.2 Å². The Bertz CT molecular complexity index is 408. The Hall–Kier alpha value is -0.953. The smallest absolute Gasteiger partial charge is 0.340 e. The minimum atomic E-state index is -2.09. The highest BCUT2D eigenvalue weighted by atomic mass is 28.4. The summed E-state index contributed by atoms with van der Waals surface area (Å²) in [6.45, 7) is 12.0. The molecule has 0 aromatic rings. The van der Waals surface area contributed by atoms with Crippen molar-refractivity contribution in [1.82, 2.24) is 5.32 Å². The largest absolute Gasteiger partial charge is 0.479 e. The van der Waals surface area contributed by atoms with Crippen LogP contribution in [0.15, 0.2) is 0 Å². The van der Waals surface area contributed by atoms with Crippen LogP contribution in [0.3, 0.4) is 0 Å². The van der Waals surface area contributed by atoms with E-state index in [1.54, 1.807) is 6.92 Å². The van der Waals surface area contributed by atoms with Crippen LogP contribution in [0.4, 0.5) is 4.39 Å². The number of alkyl halides is 1. The number of carbonyl (C=O) groups is 2. The molecule has 0 saturated carbocycles. The zero-order chi connectivity index (χ0) is 15.9. The Balaban J connectivity index is 2.78. The molecule has 0 bridgehead atoms. The van der Waals surface area contributed by atoms with Crippen LogP contribution in [0.2, 0.25) is 18.1 Å². The zero-order valence-electron chi connectivity index (χ0n) is 12.9. The molecule has 0 aromatic heterocycles. The Morgan fingerprint density at radius 1 is 1.45 bits per heavy atom. The highest BCUT2D eigenvalue weighted by Gasteiger charge is 2.52. The fourth-order valence-electron chi connectivity index (χ4n) is 2.05. The summed E-state index contributed by atoms with van der Waals surface area (Å²) in [5, 5.41) is 11.0. The van der Waals surface area contributed by atoms with Crippen LogP contribution >= 0.6 is 0 Å². The van der Waals surface area contributed by atoms with Crippen LogP contribution in [-0.2, 0) is 14.0 Å². The predicted octanol–water partition coefficient (Wildman–Crippen LogP) is 1.93. The number of halogens is 1. The van der Waals surface area contributed by atoms with Gasteiger partial charge in [0.05, 0.1) is 18.1 Å². The number of carboxylic acid groups (broad SMARTS) is 1. The molecule has 2 N–H and O–H groups in total. The normalized spacial score (nSPS) is 26.4. The van der Waals surface area contributed by atoms with E-state index in [-0.39, 0.29) is 10.9 Å². The molecule has 0 aromatic carbocycles. The second kappa shape index (κ2) is 5.44. The van der Waals surface area contributed by atoms with Gasteiger partial charge >= 0.3 is 5.97 Å². The third kappa shape index (κ3) is 3.20. The average molecular weight is 305 g/mol. The molecule has 20 heavy (non-hydrogen) atoms. The molecule has 116 valence electrons. The van der Waals surface area contributed by atoms with Crippen LogP contribution in [0, 0.1) is 5.92 Å². The van der Waals surface area contributed by atoms with Gasteiger partial charge in [-0.15, -0.1) is 0 Å². The predicted molar refractivity (Wildman–Crippen MR) is 75.7 cm³/mol. The lowest BCUT2D eigenvalue weighted by Crippen LogP contribution is -2.68. The first-order valence-electron chi connectivity index (χ1n) is 6.73. The molecule has 0 aliphatic carbocycles. The number of hydrogen-bond donors (Lipinski definition) is 2. The van der Waals surface area contributed by atoms with E-state index in [4.69, 9.17) is 9.53 Å². The Kier molecular flexibility index (Phi) is 4.65. The SMILES string of the molecule is C[C@@H](O[Si](C)(C)C(C)(C)C)[C@H]1C(=O)N[C@@H]1C(F)C(=O)O. The summed E-state index contributed by atoms with van der Waals surface area (Å²) in [4.78, 5) is 22.3. The number of β-lactam (4-membered cyclic amide) rings is 1. The van der Waals surface area contributed by atoms with Crippen molar-refractivity contribution in [2.24, 2.45) is 5.92 Å². The third-order valence-corrected chi connectivity index (χ3v) is 8.92. The van der Waals surface area contributed by atoms with E-state index in [2.05, 4.69) is 26.1 Å². The van der Waals surface area contributed by atoms with E-state index >= 15 is 0 Å². The lowest BCUT2D eigenvalue weighted by Gasteiger charge is -2.45. The van der Waals surface area contributed by atoms with Crippen molar-refractivity contribution in [2.45, 2.75) is 64.1 Å². The van der Waals surface area contributed by atoms with E-state index in [1.165, 1.54) is 0 Å². The maximum atomic E-state index is 13.6. The zero-order valence-corrected chi connectivity index (χ0v) is 13.9. The van der Waals surface area contributed by atoms with E-state index in [1.807, 2.05) is 13.1 Å². The van der Waals surface area contributed by atoms with Gasteiger partial charge in [0, 0.05) is 0 Å². The molecule has 1 rings (SSSR count). The van der Waals surface area contributed by atoms with E-state index in [0.717, 1.165) is 0 Å². The number of hydrogen-bond acceptors (Lipinski definition) is 3. The molecule has 1 heterocycles. The molecular weight excluding hydrogens is 281 g/mol. The van der Waals surface area contributed by atoms with Gasteiger partial charge in [-0.05, 0) is 25.1 Å². The van der Waals surface area contributed by atoms with Crippen LogP contribution in [0.5, 0.6) is 0 Å². The molecular formula is C13H24FNO4Si. The van der Waals surface area contributed by atoms with Gasteiger partial charge in [-0.25, -0.2) is 9.18 Å². The number of carboxylic acids is 1. The summed E-state index contributed by atoms with van der Waals surface area (Å²) < 4.78 is 19.6. The van der Waals surface area contributed by atoms with Crippen molar-refractivity contribution in [2.75, 3.05) is 0 Å². The molecule has 7 heteroatoms. The van der Waals surface area contributed by atoms with Gasteiger partial charge in [-0.2, -0.15) is 0 Å². The van der Waals surface area contributed by atoms with Crippen molar-refractivity contribution in [3.8, 4) is 0 Å². The molecule has 0 radical (unpaired) electrons. The lowest BCUT2D eigenvalue weighted by molar-refractivity contribution is -0.153. The molecule has 1 aliphatic heterocycles. The molecule has 1 saturated heterocycles. The minimum Gasteiger partial charge on any atom is -0.479 e.